The molecule has 0 bridgehead atoms. The maximum Gasteiger partial charge on any atom is 0.242 e. The molecule has 0 aromatic heterocycles. The smallest absolute Gasteiger partial charge is 0.242 e. The molecule has 0 spiro atoms. The van der Waals surface area contributed by atoms with Gasteiger partial charge >= 0.3 is 0 Å². The van der Waals surface area contributed by atoms with Crippen molar-refractivity contribution in [2.75, 3.05) is 23.7 Å². The van der Waals surface area contributed by atoms with Gasteiger partial charge < -0.3 is 15.0 Å². The Kier molecular flexibility index (Phi) is 12.2. The van der Waals surface area contributed by atoms with Crippen LogP contribution in [0.1, 0.15) is 52.5 Å². The minimum Gasteiger partial charge on any atom is -0.494 e. The van der Waals surface area contributed by atoms with E-state index < -0.39 is 16.1 Å². The summed E-state index contributed by atoms with van der Waals surface area (Å²) in [4.78, 5) is 27.8. The lowest BCUT2D eigenvalue weighted by Crippen LogP contribution is -2.49. The first-order valence-electron chi connectivity index (χ1n) is 12.6. The normalized spacial score (nSPS) is 12.9. The maximum atomic E-state index is 13.4. The molecule has 0 saturated carbocycles. The highest BCUT2D eigenvalue weighted by atomic mass is 35.5. The number of rotatable bonds is 14. The van der Waals surface area contributed by atoms with Crippen molar-refractivity contribution in [3.63, 3.8) is 0 Å². The molecule has 2 amide bonds. The Balaban J connectivity index is 2.21. The molecule has 1 N–H and O–H groups in total. The van der Waals surface area contributed by atoms with Crippen molar-refractivity contribution in [2.24, 2.45) is 0 Å². The number of hydrogen-bond acceptors (Lipinski definition) is 5. The van der Waals surface area contributed by atoms with Crippen LogP contribution in [0.15, 0.2) is 42.5 Å². The second-order valence-electron chi connectivity index (χ2n) is 9.08. The predicted octanol–water partition coefficient (Wildman–Crippen LogP) is 5.27. The van der Waals surface area contributed by atoms with E-state index >= 15 is 0 Å². The van der Waals surface area contributed by atoms with Gasteiger partial charge in [0, 0.05) is 41.2 Å². The van der Waals surface area contributed by atoms with Gasteiger partial charge in [-0.2, -0.15) is 0 Å². The van der Waals surface area contributed by atoms with E-state index in [0.717, 1.165) is 12.7 Å². The summed E-state index contributed by atoms with van der Waals surface area (Å²) < 4.78 is 31.7. The summed E-state index contributed by atoms with van der Waals surface area (Å²) in [5.41, 5.74) is 1.02. The van der Waals surface area contributed by atoms with Gasteiger partial charge in [-0.1, -0.05) is 36.2 Å². The number of halogens is 2. The lowest BCUT2D eigenvalue weighted by Gasteiger charge is -2.30. The number of nitrogens with zero attached hydrogens (tertiary/aromatic N) is 2. The molecule has 0 aliphatic heterocycles. The molecule has 210 valence electrons. The van der Waals surface area contributed by atoms with Crippen molar-refractivity contribution in [1.82, 2.24) is 10.2 Å². The van der Waals surface area contributed by atoms with Crippen LogP contribution in [0.2, 0.25) is 10.0 Å². The summed E-state index contributed by atoms with van der Waals surface area (Å²) in [5, 5.41) is 3.70. The Hall–Kier alpha value is -2.49. The summed E-state index contributed by atoms with van der Waals surface area (Å²) in [6.07, 6.45) is 2.13. The average molecular weight is 587 g/mol. The molecule has 0 heterocycles. The molecule has 0 aliphatic carbocycles. The first-order valence-corrected chi connectivity index (χ1v) is 15.2. The Bertz CT molecular complexity index is 1170. The Labute approximate surface area is 236 Å². The summed E-state index contributed by atoms with van der Waals surface area (Å²) in [5.74, 6) is 0.0365. The van der Waals surface area contributed by atoms with E-state index in [9.17, 15) is 18.0 Å². The van der Waals surface area contributed by atoms with Gasteiger partial charge in [-0.05, 0) is 70.0 Å². The van der Waals surface area contributed by atoms with Gasteiger partial charge in [0.15, 0.2) is 0 Å². The standard InChI is InChI=1S/C27H37Cl2N3O5S/c1-6-19(3)30-27(34)20(4)31(18-23-24(28)10-8-11-25(23)29)26(33)12-9-17-32(38(5,35)36)21-13-15-22(16-14-21)37-7-2/h8,10-11,13-16,19-20H,6-7,9,12,17-18H2,1-5H3,(H,30,34)/t19-,20+/m1/s1. The molecule has 0 radical (unpaired) electrons. The van der Waals surface area contributed by atoms with E-state index in [1.165, 1.54) is 9.21 Å². The molecule has 2 aromatic rings. The first-order chi connectivity index (χ1) is 17.9. The quantitative estimate of drug-likeness (QED) is 0.326. The van der Waals surface area contributed by atoms with Crippen LogP contribution in [0.5, 0.6) is 5.75 Å². The van der Waals surface area contributed by atoms with Gasteiger partial charge in [0.2, 0.25) is 21.8 Å². The largest absolute Gasteiger partial charge is 0.494 e. The van der Waals surface area contributed by atoms with Gasteiger partial charge in [0.1, 0.15) is 11.8 Å². The van der Waals surface area contributed by atoms with E-state index in [0.29, 0.717) is 33.7 Å². The fourth-order valence-corrected chi connectivity index (χ4v) is 5.26. The summed E-state index contributed by atoms with van der Waals surface area (Å²) >= 11 is 12.7. The van der Waals surface area contributed by atoms with E-state index in [4.69, 9.17) is 27.9 Å². The zero-order valence-corrected chi connectivity index (χ0v) is 24.9. The third-order valence-corrected chi connectivity index (χ3v) is 8.05. The third-order valence-electron chi connectivity index (χ3n) is 6.15. The lowest BCUT2D eigenvalue weighted by molar-refractivity contribution is -0.140. The van der Waals surface area contributed by atoms with Crippen LogP contribution in [0.4, 0.5) is 5.69 Å². The van der Waals surface area contributed by atoms with Crippen molar-refractivity contribution in [2.45, 2.75) is 65.6 Å². The summed E-state index contributed by atoms with van der Waals surface area (Å²) in [6.45, 7) is 8.01. The molecule has 0 unspecified atom stereocenters. The van der Waals surface area contributed by atoms with Crippen LogP contribution < -0.4 is 14.4 Å². The Morgan fingerprint density at radius 3 is 2.16 bits per heavy atom. The number of ether oxygens (including phenoxy) is 1. The number of benzene rings is 2. The molecule has 11 heteroatoms. The topological polar surface area (TPSA) is 96.0 Å². The molecule has 2 rings (SSSR count). The highest BCUT2D eigenvalue weighted by molar-refractivity contribution is 7.92. The number of sulfonamides is 1. The first kappa shape index (κ1) is 31.7. The monoisotopic (exact) mass is 585 g/mol. The van der Waals surface area contributed by atoms with Gasteiger partial charge in [-0.15, -0.1) is 0 Å². The van der Waals surface area contributed by atoms with Gasteiger partial charge in [0.05, 0.1) is 18.6 Å². The SMILES string of the molecule is CCOc1ccc(N(CCCC(=O)N(Cc2c(Cl)cccc2Cl)[C@@H](C)C(=O)N[C@H](C)CC)S(C)(=O)=O)cc1. The third kappa shape index (κ3) is 9.06. The number of carbonyl (C=O) groups is 2. The van der Waals surface area contributed by atoms with Crippen molar-refractivity contribution >= 4 is 50.7 Å². The van der Waals surface area contributed by atoms with Crippen molar-refractivity contribution in [1.29, 1.82) is 0 Å². The minimum atomic E-state index is -3.60. The molecule has 2 atom stereocenters. The Morgan fingerprint density at radius 1 is 1.03 bits per heavy atom. The van der Waals surface area contributed by atoms with E-state index in [1.807, 2.05) is 20.8 Å². The van der Waals surface area contributed by atoms with Gasteiger partial charge in [-0.25, -0.2) is 8.42 Å². The zero-order chi connectivity index (χ0) is 28.5. The summed E-state index contributed by atoms with van der Waals surface area (Å²) in [6, 6.07) is 11.0. The number of anilines is 1. The number of amides is 2. The Morgan fingerprint density at radius 2 is 1.63 bits per heavy atom. The molecule has 0 saturated heterocycles. The van der Waals surface area contributed by atoms with E-state index in [2.05, 4.69) is 5.32 Å². The highest BCUT2D eigenvalue weighted by Gasteiger charge is 2.28. The second kappa shape index (κ2) is 14.6. The van der Waals surface area contributed by atoms with Crippen LogP contribution in [-0.4, -0.2) is 56.6 Å². The van der Waals surface area contributed by atoms with Crippen LogP contribution in [-0.2, 0) is 26.2 Å². The van der Waals surface area contributed by atoms with Crippen LogP contribution in [0, 0.1) is 0 Å². The van der Waals surface area contributed by atoms with Crippen molar-refractivity contribution < 1.29 is 22.7 Å². The number of nitrogens with one attached hydrogen (secondary N) is 1. The fourth-order valence-electron chi connectivity index (χ4n) is 3.78. The minimum absolute atomic E-state index is 0.0199. The molecule has 2 aromatic carbocycles. The molecule has 8 nitrogen and oxygen atoms in total. The maximum absolute atomic E-state index is 13.4. The number of hydrogen-bond donors (Lipinski definition) is 1. The van der Waals surface area contributed by atoms with Gasteiger partial charge in [0.25, 0.3) is 0 Å². The van der Waals surface area contributed by atoms with Gasteiger partial charge in [-0.3, -0.25) is 13.9 Å². The molecule has 0 aliphatic rings. The van der Waals surface area contributed by atoms with Crippen LogP contribution >= 0.6 is 23.2 Å². The zero-order valence-electron chi connectivity index (χ0n) is 22.5. The fraction of sp³-hybridized carbons (Fsp3) is 0.481. The molecule has 0 fully saturated rings. The van der Waals surface area contributed by atoms with Crippen LogP contribution in [0.25, 0.3) is 0 Å². The van der Waals surface area contributed by atoms with Crippen molar-refractivity contribution in [3.05, 3.63) is 58.1 Å². The lowest BCUT2D eigenvalue weighted by atomic mass is 10.1. The van der Waals surface area contributed by atoms with E-state index in [1.54, 1.807) is 49.4 Å². The second-order valence-corrected chi connectivity index (χ2v) is 11.8. The summed E-state index contributed by atoms with van der Waals surface area (Å²) in [7, 11) is -3.60. The van der Waals surface area contributed by atoms with Crippen LogP contribution in [0.3, 0.4) is 0 Å². The number of carbonyl (C=O) groups excluding carboxylic acids is 2. The molecular weight excluding hydrogens is 549 g/mol. The average Bonchev–Trinajstić information content (AvgIpc) is 2.86. The highest BCUT2D eigenvalue weighted by Crippen LogP contribution is 2.27. The molecular formula is C27H37Cl2N3O5S. The molecule has 38 heavy (non-hydrogen) atoms. The van der Waals surface area contributed by atoms with Crippen molar-refractivity contribution in [3.8, 4) is 5.75 Å². The van der Waals surface area contributed by atoms with E-state index in [-0.39, 0.29) is 43.8 Å². The predicted molar refractivity (Wildman–Crippen MR) is 153 cm³/mol.